The number of H-pyrrole nitrogens is 1. The van der Waals surface area contributed by atoms with Crippen molar-refractivity contribution in [2.24, 2.45) is 0 Å². The highest BCUT2D eigenvalue weighted by Crippen LogP contribution is 2.39. The summed E-state index contributed by atoms with van der Waals surface area (Å²) in [5.41, 5.74) is 5.14. The molecule has 4 rings (SSSR count). The summed E-state index contributed by atoms with van der Waals surface area (Å²) >= 11 is 0. The van der Waals surface area contributed by atoms with E-state index in [0.717, 1.165) is 33.8 Å². The Labute approximate surface area is 174 Å². The van der Waals surface area contributed by atoms with Gasteiger partial charge in [-0.1, -0.05) is 47.7 Å². The Morgan fingerprint density at radius 1 is 1.10 bits per heavy atom. The highest BCUT2D eigenvalue weighted by Gasteiger charge is 2.27. The van der Waals surface area contributed by atoms with Gasteiger partial charge in [-0.3, -0.25) is 14.7 Å². The number of anilines is 1. The summed E-state index contributed by atoms with van der Waals surface area (Å²) in [6, 6.07) is 15.6. The van der Waals surface area contributed by atoms with Crippen molar-refractivity contribution in [1.29, 1.82) is 0 Å². The number of para-hydroxylation sites is 1. The first-order valence-corrected chi connectivity index (χ1v) is 9.83. The number of hydrogen-bond acceptors (Lipinski definition) is 5. The van der Waals surface area contributed by atoms with E-state index in [4.69, 9.17) is 4.74 Å². The maximum Gasteiger partial charge on any atom is 0.229 e. The van der Waals surface area contributed by atoms with E-state index >= 15 is 0 Å². The zero-order valence-electron chi connectivity index (χ0n) is 16.7. The summed E-state index contributed by atoms with van der Waals surface area (Å²) in [7, 11) is 1.55. The summed E-state index contributed by atoms with van der Waals surface area (Å²) in [5.74, 6) is -0.198. The standard InChI is InChI=1S/C22H23N5O3/c1-30-13-11-19(28)23-12-10-20(29)27-14-15-6-2-3-7-16(15)21-22(25-26-24-21)17-8-4-5-9-18(17)27/h2-9H,10-14H2,1H3,(H,23,28)(H,24,25,26). The van der Waals surface area contributed by atoms with E-state index < -0.39 is 0 Å². The number of methoxy groups -OCH3 is 1. The molecule has 0 unspecified atom stereocenters. The molecule has 0 bridgehead atoms. The van der Waals surface area contributed by atoms with E-state index in [2.05, 4.69) is 20.7 Å². The molecule has 2 aromatic carbocycles. The number of ether oxygens (including phenoxy) is 1. The number of rotatable bonds is 6. The van der Waals surface area contributed by atoms with Gasteiger partial charge in [0.1, 0.15) is 5.69 Å². The molecule has 2 amide bonds. The van der Waals surface area contributed by atoms with Crippen LogP contribution in [0.3, 0.4) is 0 Å². The Bertz CT molecular complexity index is 1060. The molecule has 0 spiro atoms. The minimum absolute atomic E-state index is 0.0692. The van der Waals surface area contributed by atoms with E-state index in [-0.39, 0.29) is 31.2 Å². The van der Waals surface area contributed by atoms with Crippen LogP contribution in [0.2, 0.25) is 0 Å². The molecule has 0 saturated carbocycles. The van der Waals surface area contributed by atoms with Crippen LogP contribution in [0.5, 0.6) is 0 Å². The highest BCUT2D eigenvalue weighted by atomic mass is 16.5. The van der Waals surface area contributed by atoms with Gasteiger partial charge in [0.2, 0.25) is 11.8 Å². The van der Waals surface area contributed by atoms with Gasteiger partial charge in [-0.15, -0.1) is 5.10 Å². The molecule has 0 atom stereocenters. The molecular weight excluding hydrogens is 382 g/mol. The van der Waals surface area contributed by atoms with Gasteiger partial charge in [0.05, 0.1) is 24.5 Å². The van der Waals surface area contributed by atoms with Crippen LogP contribution in [-0.4, -0.2) is 47.5 Å². The van der Waals surface area contributed by atoms with E-state index in [1.54, 1.807) is 12.0 Å². The lowest BCUT2D eigenvalue weighted by molar-refractivity contribution is -0.122. The number of amides is 2. The van der Waals surface area contributed by atoms with E-state index in [1.165, 1.54) is 0 Å². The van der Waals surface area contributed by atoms with E-state index in [9.17, 15) is 9.59 Å². The number of aromatic amines is 1. The Kier molecular flexibility index (Phi) is 5.85. The van der Waals surface area contributed by atoms with Crippen LogP contribution < -0.4 is 10.2 Å². The molecule has 3 aromatic rings. The van der Waals surface area contributed by atoms with Gasteiger partial charge in [-0.25, -0.2) is 0 Å². The topological polar surface area (TPSA) is 100 Å². The normalized spacial score (nSPS) is 12.2. The largest absolute Gasteiger partial charge is 0.384 e. The van der Waals surface area contributed by atoms with Crippen LogP contribution in [0, 0.1) is 0 Å². The molecule has 0 radical (unpaired) electrons. The second kappa shape index (κ2) is 8.87. The van der Waals surface area contributed by atoms with Crippen LogP contribution in [0.15, 0.2) is 48.5 Å². The molecule has 0 fully saturated rings. The number of aromatic nitrogens is 3. The maximum atomic E-state index is 13.2. The molecule has 2 heterocycles. The second-order valence-corrected chi connectivity index (χ2v) is 7.03. The fraction of sp³-hybridized carbons (Fsp3) is 0.273. The van der Waals surface area contributed by atoms with Crippen molar-refractivity contribution < 1.29 is 14.3 Å². The zero-order valence-corrected chi connectivity index (χ0v) is 16.7. The lowest BCUT2D eigenvalue weighted by Crippen LogP contribution is -2.35. The molecule has 0 saturated heterocycles. The first-order chi connectivity index (χ1) is 14.7. The summed E-state index contributed by atoms with van der Waals surface area (Å²) in [5, 5.41) is 14.1. The van der Waals surface area contributed by atoms with Crippen molar-refractivity contribution in [2.45, 2.75) is 19.4 Å². The van der Waals surface area contributed by atoms with Crippen LogP contribution in [0.25, 0.3) is 22.5 Å². The average molecular weight is 405 g/mol. The number of fused-ring (bicyclic) bond motifs is 5. The summed E-state index contributed by atoms with van der Waals surface area (Å²) in [6.45, 7) is 1.05. The third kappa shape index (κ3) is 3.95. The fourth-order valence-electron chi connectivity index (χ4n) is 3.62. The fourth-order valence-corrected chi connectivity index (χ4v) is 3.62. The van der Waals surface area contributed by atoms with Crippen LogP contribution in [-0.2, 0) is 20.9 Å². The van der Waals surface area contributed by atoms with Crippen molar-refractivity contribution in [3.8, 4) is 22.5 Å². The smallest absolute Gasteiger partial charge is 0.229 e. The van der Waals surface area contributed by atoms with Crippen molar-refractivity contribution in [3.63, 3.8) is 0 Å². The van der Waals surface area contributed by atoms with Gasteiger partial charge >= 0.3 is 0 Å². The Morgan fingerprint density at radius 2 is 1.87 bits per heavy atom. The number of hydrogen-bond donors (Lipinski definition) is 2. The van der Waals surface area contributed by atoms with Crippen LogP contribution >= 0.6 is 0 Å². The van der Waals surface area contributed by atoms with Gasteiger partial charge < -0.3 is 15.0 Å². The summed E-state index contributed by atoms with van der Waals surface area (Å²) in [6.07, 6.45) is 0.476. The Hall–Kier alpha value is -3.52. The average Bonchev–Trinajstić information content (AvgIpc) is 3.24. The molecule has 1 aromatic heterocycles. The molecule has 8 heteroatoms. The number of nitrogens with zero attached hydrogens (tertiary/aromatic N) is 3. The van der Waals surface area contributed by atoms with Gasteiger partial charge in [-0.05, 0) is 11.6 Å². The first-order valence-electron chi connectivity index (χ1n) is 9.83. The Balaban J connectivity index is 1.63. The van der Waals surface area contributed by atoms with Crippen molar-refractivity contribution in [3.05, 3.63) is 54.1 Å². The van der Waals surface area contributed by atoms with Gasteiger partial charge in [0.25, 0.3) is 0 Å². The van der Waals surface area contributed by atoms with E-state index in [1.807, 2.05) is 48.5 Å². The predicted octanol–water partition coefficient (Wildman–Crippen LogP) is 2.53. The SMILES string of the molecule is COCCC(=O)NCCC(=O)N1Cc2ccccc2-c2nn[nH]c2-c2ccccc21. The number of carbonyl (C=O) groups excluding carboxylic acids is 2. The predicted molar refractivity (Wildman–Crippen MR) is 113 cm³/mol. The van der Waals surface area contributed by atoms with E-state index in [0.29, 0.717) is 13.2 Å². The number of carbonyl (C=O) groups is 2. The van der Waals surface area contributed by atoms with Gasteiger partial charge in [0, 0.05) is 37.6 Å². The monoisotopic (exact) mass is 405 g/mol. The first kappa shape index (κ1) is 19.8. The summed E-state index contributed by atoms with van der Waals surface area (Å²) in [4.78, 5) is 26.7. The minimum atomic E-state index is -0.128. The van der Waals surface area contributed by atoms with Crippen molar-refractivity contribution in [2.75, 3.05) is 25.2 Å². The third-order valence-corrected chi connectivity index (χ3v) is 5.11. The number of benzene rings is 2. The number of nitrogens with one attached hydrogen (secondary N) is 2. The lowest BCUT2D eigenvalue weighted by atomic mass is 9.96. The molecule has 1 aliphatic rings. The van der Waals surface area contributed by atoms with Gasteiger partial charge in [-0.2, -0.15) is 0 Å². The molecule has 1 aliphatic heterocycles. The summed E-state index contributed by atoms with van der Waals surface area (Å²) < 4.78 is 4.91. The maximum absolute atomic E-state index is 13.2. The molecule has 0 aliphatic carbocycles. The molecule has 2 N–H and O–H groups in total. The van der Waals surface area contributed by atoms with Crippen molar-refractivity contribution in [1.82, 2.24) is 20.7 Å². The molecule has 154 valence electrons. The van der Waals surface area contributed by atoms with Gasteiger partial charge in [0.15, 0.2) is 0 Å². The van der Waals surface area contributed by atoms with Crippen molar-refractivity contribution >= 4 is 17.5 Å². The van der Waals surface area contributed by atoms with Crippen LogP contribution in [0.4, 0.5) is 5.69 Å². The molecule has 30 heavy (non-hydrogen) atoms. The lowest BCUT2D eigenvalue weighted by Gasteiger charge is -2.28. The third-order valence-electron chi connectivity index (χ3n) is 5.11. The quantitative estimate of drug-likeness (QED) is 0.656. The molecule has 8 nitrogen and oxygen atoms in total. The molecular formula is C22H23N5O3. The Morgan fingerprint density at radius 3 is 2.70 bits per heavy atom. The highest BCUT2D eigenvalue weighted by molar-refractivity contribution is 6.00. The second-order valence-electron chi connectivity index (χ2n) is 7.03. The minimum Gasteiger partial charge on any atom is -0.384 e. The van der Waals surface area contributed by atoms with Crippen LogP contribution in [0.1, 0.15) is 18.4 Å². The zero-order chi connectivity index (χ0) is 20.9.